The van der Waals surface area contributed by atoms with E-state index in [4.69, 9.17) is 23.4 Å². The first-order chi connectivity index (χ1) is 18.6. The monoisotopic (exact) mass is 560 g/mol. The highest BCUT2D eigenvalue weighted by Crippen LogP contribution is 2.42. The molecule has 0 radical (unpaired) electrons. The van der Waals surface area contributed by atoms with Gasteiger partial charge < -0.3 is 28.7 Å². The predicted molar refractivity (Wildman–Crippen MR) is 149 cm³/mol. The maximum absolute atomic E-state index is 13.0. The second-order valence-electron chi connectivity index (χ2n) is 9.53. The fraction of sp³-hybridized carbons (Fsp3) is 0.464. The summed E-state index contributed by atoms with van der Waals surface area (Å²) in [5, 5.41) is 3.28. The lowest BCUT2D eigenvalue weighted by Gasteiger charge is -2.24. The van der Waals surface area contributed by atoms with Crippen molar-refractivity contribution in [2.24, 2.45) is 0 Å². The molecule has 0 spiro atoms. The number of ether oxygens (including phenoxy) is 4. The summed E-state index contributed by atoms with van der Waals surface area (Å²) in [5.41, 5.74) is 3.71. The van der Waals surface area contributed by atoms with Crippen LogP contribution in [0.4, 0.5) is 5.69 Å². The Morgan fingerprint density at radius 3 is 2.46 bits per heavy atom. The second-order valence-corrected chi connectivity index (χ2v) is 11.4. The Bertz CT molecular complexity index is 1400. The zero-order valence-corrected chi connectivity index (χ0v) is 23.8. The molecule has 4 rings (SSSR count). The highest BCUT2D eigenvalue weighted by atomic mass is 32.2. The van der Waals surface area contributed by atoms with Crippen LogP contribution in [0, 0.1) is 6.92 Å². The topological polar surface area (TPSA) is 117 Å². The van der Waals surface area contributed by atoms with Crippen molar-refractivity contribution < 1.29 is 36.6 Å². The third kappa shape index (κ3) is 6.62. The van der Waals surface area contributed by atoms with Crippen LogP contribution in [0.2, 0.25) is 0 Å². The molecule has 0 unspecified atom stereocenters. The molecule has 1 aliphatic heterocycles. The van der Waals surface area contributed by atoms with E-state index in [1.165, 1.54) is 4.31 Å². The Morgan fingerprint density at radius 1 is 1.10 bits per heavy atom. The summed E-state index contributed by atoms with van der Waals surface area (Å²) in [5.74, 6) is 0.119. The molecule has 3 aromatic rings. The molecule has 0 saturated carbocycles. The summed E-state index contributed by atoms with van der Waals surface area (Å²) in [6, 6.07) is 11.2. The fourth-order valence-corrected chi connectivity index (χ4v) is 5.57. The predicted octanol–water partition coefficient (Wildman–Crippen LogP) is 3.67. The first-order valence-corrected chi connectivity index (χ1v) is 14.7. The van der Waals surface area contributed by atoms with E-state index in [1.54, 1.807) is 26.3 Å². The number of fused-ring (bicyclic) bond motifs is 2. The summed E-state index contributed by atoms with van der Waals surface area (Å²) >= 11 is 0. The Labute approximate surface area is 229 Å². The molecule has 0 saturated heterocycles. The molecule has 10 nitrogen and oxygen atoms in total. The number of nitrogens with one attached hydrogen (secondary N) is 1. The number of amides is 1. The van der Waals surface area contributed by atoms with Crippen molar-refractivity contribution in [1.29, 1.82) is 0 Å². The van der Waals surface area contributed by atoms with E-state index in [2.05, 4.69) is 5.32 Å². The van der Waals surface area contributed by atoms with Crippen LogP contribution in [0.3, 0.4) is 0 Å². The quantitative estimate of drug-likeness (QED) is 0.353. The molecule has 2 atom stereocenters. The van der Waals surface area contributed by atoms with Crippen molar-refractivity contribution in [3.63, 3.8) is 0 Å². The van der Waals surface area contributed by atoms with E-state index in [-0.39, 0.29) is 19.1 Å². The number of anilines is 1. The zero-order chi connectivity index (χ0) is 28.2. The summed E-state index contributed by atoms with van der Waals surface area (Å²) in [6.07, 6.45) is 0.167. The van der Waals surface area contributed by atoms with Gasteiger partial charge in [0.2, 0.25) is 10.0 Å². The number of nitrogens with zero attached hydrogens (tertiary/aromatic N) is 1. The first kappa shape index (κ1) is 29.0. The normalized spacial score (nSPS) is 17.7. The van der Waals surface area contributed by atoms with Gasteiger partial charge in [-0.25, -0.2) is 8.42 Å². The van der Waals surface area contributed by atoms with Gasteiger partial charge in [0.15, 0.2) is 0 Å². The number of benzene rings is 2. The van der Waals surface area contributed by atoms with Crippen LogP contribution in [-0.4, -0.2) is 80.4 Å². The van der Waals surface area contributed by atoms with Gasteiger partial charge in [-0.2, -0.15) is 0 Å². The first-order valence-electron chi connectivity index (χ1n) is 12.8. The van der Waals surface area contributed by atoms with Crippen LogP contribution in [0.25, 0.3) is 22.3 Å². The number of methoxy groups -OCH3 is 1. The molecule has 2 aromatic carbocycles. The lowest BCUT2D eigenvalue weighted by molar-refractivity contribution is -0.0545. The third-order valence-electron chi connectivity index (χ3n) is 6.59. The van der Waals surface area contributed by atoms with E-state index in [0.717, 1.165) is 17.4 Å². The summed E-state index contributed by atoms with van der Waals surface area (Å²) in [7, 11) is -0.506. The standard InChI is InChI=1S/C28H36N2O8S/c1-18-6-8-20(9-7-18)27-26(28(31)29-3)23-14-22-19(2)37-21(17-36-13-12-35-11-10-34-4)16-30(39(5,32)33)24(22)15-25(23)38-27/h6-9,14-15,19,21H,10-13,16-17H2,1-5H3,(H,29,31)/t19-,21-/m0/s1. The maximum Gasteiger partial charge on any atom is 0.255 e. The summed E-state index contributed by atoms with van der Waals surface area (Å²) in [4.78, 5) is 13.0. The number of carbonyl (C=O) groups excluding carboxylic acids is 1. The number of carbonyl (C=O) groups is 1. The number of furan rings is 1. The molecule has 0 bridgehead atoms. The number of aryl methyl sites for hydroxylation is 1. The lowest BCUT2D eigenvalue weighted by Crippen LogP contribution is -2.38. The van der Waals surface area contributed by atoms with Gasteiger partial charge in [0.25, 0.3) is 5.91 Å². The minimum absolute atomic E-state index is 0.0695. The molecular weight excluding hydrogens is 524 g/mol. The molecule has 1 amide bonds. The van der Waals surface area contributed by atoms with Gasteiger partial charge in [0.05, 0.1) is 63.2 Å². The van der Waals surface area contributed by atoms with Crippen LogP contribution in [-0.2, 0) is 29.0 Å². The molecule has 0 aliphatic carbocycles. The van der Waals surface area contributed by atoms with Crippen molar-refractivity contribution in [3.8, 4) is 11.3 Å². The van der Waals surface area contributed by atoms with Crippen LogP contribution in [0.15, 0.2) is 40.8 Å². The Morgan fingerprint density at radius 2 is 1.79 bits per heavy atom. The number of sulfonamides is 1. The molecule has 1 aliphatic rings. The van der Waals surface area contributed by atoms with E-state index in [9.17, 15) is 13.2 Å². The van der Waals surface area contributed by atoms with Crippen molar-refractivity contribution in [3.05, 3.63) is 53.1 Å². The highest BCUT2D eigenvalue weighted by Gasteiger charge is 2.34. The zero-order valence-electron chi connectivity index (χ0n) is 23.0. The number of rotatable bonds is 11. The smallest absolute Gasteiger partial charge is 0.255 e. The highest BCUT2D eigenvalue weighted by molar-refractivity contribution is 7.92. The van der Waals surface area contributed by atoms with Crippen LogP contribution in [0.5, 0.6) is 0 Å². The Kier molecular flexibility index (Phi) is 9.29. The Hall–Kier alpha value is -2.96. The molecule has 0 fully saturated rings. The maximum atomic E-state index is 13.0. The summed E-state index contributed by atoms with van der Waals surface area (Å²) < 4.78 is 55.8. The van der Waals surface area contributed by atoms with Crippen LogP contribution < -0.4 is 9.62 Å². The van der Waals surface area contributed by atoms with Gasteiger partial charge in [0.1, 0.15) is 17.4 Å². The molecule has 39 heavy (non-hydrogen) atoms. The molecule has 1 N–H and O–H groups in total. The van der Waals surface area contributed by atoms with Gasteiger partial charge in [-0.15, -0.1) is 0 Å². The molecule has 212 valence electrons. The molecule has 11 heteroatoms. The van der Waals surface area contributed by atoms with Gasteiger partial charge in [0, 0.05) is 36.7 Å². The third-order valence-corrected chi connectivity index (χ3v) is 7.73. The average molecular weight is 561 g/mol. The minimum atomic E-state index is -3.68. The summed E-state index contributed by atoms with van der Waals surface area (Å²) in [6.45, 7) is 5.81. The van der Waals surface area contributed by atoms with Gasteiger partial charge in [-0.05, 0) is 19.9 Å². The van der Waals surface area contributed by atoms with Crippen molar-refractivity contribution in [1.82, 2.24) is 5.32 Å². The number of hydrogen-bond donors (Lipinski definition) is 1. The van der Waals surface area contributed by atoms with E-state index in [0.29, 0.717) is 60.0 Å². The minimum Gasteiger partial charge on any atom is -0.455 e. The largest absolute Gasteiger partial charge is 0.455 e. The Balaban J connectivity index is 1.70. The van der Waals surface area contributed by atoms with Crippen molar-refractivity contribution in [2.45, 2.75) is 26.1 Å². The van der Waals surface area contributed by atoms with Gasteiger partial charge in [-0.3, -0.25) is 9.10 Å². The van der Waals surface area contributed by atoms with Gasteiger partial charge in [-0.1, -0.05) is 29.8 Å². The molecule has 2 heterocycles. The van der Waals surface area contributed by atoms with E-state index in [1.807, 2.05) is 38.1 Å². The SMILES string of the molecule is CNC(=O)c1c(-c2ccc(C)cc2)oc2cc3c(cc12)[C@H](C)O[C@H](COCCOCCOC)CN3S(C)(=O)=O. The number of hydrogen-bond acceptors (Lipinski definition) is 8. The second kappa shape index (κ2) is 12.5. The van der Waals surface area contributed by atoms with E-state index >= 15 is 0 Å². The average Bonchev–Trinajstić information content (AvgIpc) is 3.20. The molecule has 1 aromatic heterocycles. The lowest BCUT2D eigenvalue weighted by atomic mass is 10.00. The van der Waals surface area contributed by atoms with Crippen LogP contribution >= 0.6 is 0 Å². The van der Waals surface area contributed by atoms with Crippen LogP contribution in [0.1, 0.15) is 34.5 Å². The molecular formula is C28H36N2O8S. The van der Waals surface area contributed by atoms with E-state index < -0.39 is 22.2 Å². The van der Waals surface area contributed by atoms with Gasteiger partial charge >= 0.3 is 0 Å². The van der Waals surface area contributed by atoms with Crippen molar-refractivity contribution >= 4 is 32.6 Å². The fourth-order valence-electron chi connectivity index (χ4n) is 4.62. The van der Waals surface area contributed by atoms with Crippen molar-refractivity contribution in [2.75, 3.05) is 64.3 Å².